The molecule has 0 saturated carbocycles. The summed E-state index contributed by atoms with van der Waals surface area (Å²) < 4.78 is 13.1. The van der Waals surface area contributed by atoms with Crippen LogP contribution in [0.1, 0.15) is 12.0 Å². The molecule has 86 valence electrons. The molecule has 0 bridgehead atoms. The minimum Gasteiger partial charge on any atom is -0.396 e. The Morgan fingerprint density at radius 1 is 1.56 bits per heavy atom. The number of aliphatic hydroxyl groups is 1. The van der Waals surface area contributed by atoms with Gasteiger partial charge in [-0.2, -0.15) is 0 Å². The van der Waals surface area contributed by atoms with Crippen LogP contribution in [-0.4, -0.2) is 24.2 Å². The average molecular weight is 223 g/mol. The average Bonchev–Trinajstić information content (AvgIpc) is 2.63. The summed E-state index contributed by atoms with van der Waals surface area (Å²) in [5, 5.41) is 9.02. The predicted octanol–water partition coefficient (Wildman–Crippen LogP) is 1.48. The molecule has 1 N–H and O–H groups in total. The zero-order valence-electron chi connectivity index (χ0n) is 9.11. The molecule has 0 aromatic heterocycles. The van der Waals surface area contributed by atoms with Gasteiger partial charge in [0.2, 0.25) is 5.91 Å². The van der Waals surface area contributed by atoms with Crippen LogP contribution in [0.15, 0.2) is 18.2 Å². The second kappa shape index (κ2) is 4.22. The number of rotatable bonds is 2. The minimum atomic E-state index is -0.346. The Kier molecular flexibility index (Phi) is 2.92. The highest BCUT2D eigenvalue weighted by atomic mass is 19.1. The summed E-state index contributed by atoms with van der Waals surface area (Å²) in [6.45, 7) is 2.31. The first-order valence-electron chi connectivity index (χ1n) is 5.29. The maximum Gasteiger partial charge on any atom is 0.227 e. The van der Waals surface area contributed by atoms with Gasteiger partial charge in [-0.1, -0.05) is 6.07 Å². The van der Waals surface area contributed by atoms with Crippen molar-refractivity contribution >= 4 is 11.6 Å². The summed E-state index contributed by atoms with van der Waals surface area (Å²) >= 11 is 0. The maximum atomic E-state index is 13.1. The fourth-order valence-corrected chi connectivity index (χ4v) is 2.01. The van der Waals surface area contributed by atoms with Crippen LogP contribution >= 0.6 is 0 Å². The van der Waals surface area contributed by atoms with E-state index in [0.29, 0.717) is 18.7 Å². The van der Waals surface area contributed by atoms with Crippen molar-refractivity contribution in [2.45, 2.75) is 13.3 Å². The van der Waals surface area contributed by atoms with E-state index in [9.17, 15) is 9.18 Å². The number of halogens is 1. The van der Waals surface area contributed by atoms with Crippen LogP contribution in [0.4, 0.5) is 10.1 Å². The van der Waals surface area contributed by atoms with Gasteiger partial charge in [0.1, 0.15) is 5.82 Å². The third kappa shape index (κ3) is 1.93. The Morgan fingerprint density at radius 2 is 2.31 bits per heavy atom. The highest BCUT2D eigenvalue weighted by Crippen LogP contribution is 2.28. The molecule has 1 saturated heterocycles. The highest BCUT2D eigenvalue weighted by Gasteiger charge is 2.30. The van der Waals surface area contributed by atoms with Crippen molar-refractivity contribution in [1.82, 2.24) is 0 Å². The van der Waals surface area contributed by atoms with E-state index in [1.807, 2.05) is 6.92 Å². The van der Waals surface area contributed by atoms with Gasteiger partial charge in [0, 0.05) is 31.2 Å². The van der Waals surface area contributed by atoms with Crippen molar-refractivity contribution in [3.05, 3.63) is 29.6 Å². The van der Waals surface area contributed by atoms with E-state index in [-0.39, 0.29) is 24.2 Å². The number of aryl methyl sites for hydroxylation is 1. The largest absolute Gasteiger partial charge is 0.396 e. The van der Waals surface area contributed by atoms with Crippen LogP contribution in [0.25, 0.3) is 0 Å². The number of anilines is 1. The van der Waals surface area contributed by atoms with E-state index >= 15 is 0 Å². The first-order valence-corrected chi connectivity index (χ1v) is 5.29. The van der Waals surface area contributed by atoms with Gasteiger partial charge < -0.3 is 10.0 Å². The fraction of sp³-hybridized carbons (Fsp3) is 0.417. The van der Waals surface area contributed by atoms with Gasteiger partial charge in [-0.05, 0) is 24.6 Å². The summed E-state index contributed by atoms with van der Waals surface area (Å²) in [6, 6.07) is 4.40. The van der Waals surface area contributed by atoms with Crippen LogP contribution in [0.3, 0.4) is 0 Å². The zero-order chi connectivity index (χ0) is 11.7. The molecule has 0 aliphatic carbocycles. The molecule has 1 aromatic carbocycles. The summed E-state index contributed by atoms with van der Waals surface area (Å²) in [6.07, 6.45) is 0.340. The third-order valence-electron chi connectivity index (χ3n) is 2.93. The van der Waals surface area contributed by atoms with Crippen molar-refractivity contribution in [3.8, 4) is 0 Å². The minimum absolute atomic E-state index is 0.00337. The summed E-state index contributed by atoms with van der Waals surface area (Å²) in [4.78, 5) is 13.3. The SMILES string of the molecule is Cc1ccc(F)cc1N1CC(CO)CC1=O. The standard InChI is InChI=1S/C12H14FNO2/c1-8-2-3-10(13)5-11(8)14-6-9(7-15)4-12(14)16/h2-3,5,9,15H,4,6-7H2,1H3. The molecule has 1 atom stereocenters. The van der Waals surface area contributed by atoms with Gasteiger partial charge in [0.15, 0.2) is 0 Å². The van der Waals surface area contributed by atoms with E-state index in [4.69, 9.17) is 5.11 Å². The second-order valence-electron chi connectivity index (χ2n) is 4.19. The smallest absolute Gasteiger partial charge is 0.227 e. The van der Waals surface area contributed by atoms with Crippen LogP contribution in [-0.2, 0) is 4.79 Å². The Morgan fingerprint density at radius 3 is 2.94 bits per heavy atom. The molecule has 16 heavy (non-hydrogen) atoms. The molecule has 4 heteroatoms. The Balaban J connectivity index is 2.30. The normalized spacial score (nSPS) is 20.6. The topological polar surface area (TPSA) is 40.5 Å². The molecule has 1 aliphatic rings. The molecule has 1 fully saturated rings. The number of hydrogen-bond donors (Lipinski definition) is 1. The van der Waals surface area contributed by atoms with E-state index in [2.05, 4.69) is 0 Å². The first-order chi connectivity index (χ1) is 7.61. The molecular weight excluding hydrogens is 209 g/mol. The summed E-state index contributed by atoms with van der Waals surface area (Å²) in [7, 11) is 0. The molecule has 3 nitrogen and oxygen atoms in total. The third-order valence-corrected chi connectivity index (χ3v) is 2.93. The van der Waals surface area contributed by atoms with Gasteiger partial charge in [0.25, 0.3) is 0 Å². The van der Waals surface area contributed by atoms with Gasteiger partial charge in [0.05, 0.1) is 0 Å². The van der Waals surface area contributed by atoms with Crippen molar-refractivity contribution in [2.24, 2.45) is 5.92 Å². The number of benzene rings is 1. The predicted molar refractivity (Wildman–Crippen MR) is 58.7 cm³/mol. The monoisotopic (exact) mass is 223 g/mol. The maximum absolute atomic E-state index is 13.1. The summed E-state index contributed by atoms with van der Waals surface area (Å²) in [5.74, 6) is -0.427. The number of carbonyl (C=O) groups excluding carboxylic acids is 1. The zero-order valence-corrected chi connectivity index (χ0v) is 9.11. The molecule has 1 aliphatic heterocycles. The van der Waals surface area contributed by atoms with Gasteiger partial charge in [-0.15, -0.1) is 0 Å². The number of nitrogens with zero attached hydrogens (tertiary/aromatic N) is 1. The Labute approximate surface area is 93.5 Å². The molecule has 2 rings (SSSR count). The fourth-order valence-electron chi connectivity index (χ4n) is 2.01. The van der Waals surface area contributed by atoms with Crippen LogP contribution in [0.2, 0.25) is 0 Å². The molecule has 0 radical (unpaired) electrons. The highest BCUT2D eigenvalue weighted by molar-refractivity contribution is 5.96. The van der Waals surface area contributed by atoms with E-state index in [1.165, 1.54) is 12.1 Å². The van der Waals surface area contributed by atoms with E-state index in [1.54, 1.807) is 11.0 Å². The number of hydrogen-bond acceptors (Lipinski definition) is 2. The van der Waals surface area contributed by atoms with Crippen molar-refractivity contribution in [1.29, 1.82) is 0 Å². The lowest BCUT2D eigenvalue weighted by Crippen LogP contribution is -2.25. The first kappa shape index (κ1) is 11.1. The van der Waals surface area contributed by atoms with E-state index < -0.39 is 0 Å². The van der Waals surface area contributed by atoms with Gasteiger partial charge >= 0.3 is 0 Å². The molecule has 1 amide bonds. The number of amides is 1. The Hall–Kier alpha value is -1.42. The van der Waals surface area contributed by atoms with E-state index in [0.717, 1.165) is 5.56 Å². The van der Waals surface area contributed by atoms with Crippen LogP contribution in [0.5, 0.6) is 0 Å². The summed E-state index contributed by atoms with van der Waals surface area (Å²) in [5.41, 5.74) is 1.48. The lowest BCUT2D eigenvalue weighted by atomic mass is 10.1. The second-order valence-corrected chi connectivity index (χ2v) is 4.19. The van der Waals surface area contributed by atoms with Crippen molar-refractivity contribution in [2.75, 3.05) is 18.1 Å². The molecule has 1 unspecified atom stereocenters. The van der Waals surface area contributed by atoms with Crippen molar-refractivity contribution < 1.29 is 14.3 Å². The Bertz CT molecular complexity index is 419. The number of carbonyl (C=O) groups is 1. The molecule has 1 heterocycles. The number of aliphatic hydroxyl groups excluding tert-OH is 1. The van der Waals surface area contributed by atoms with Gasteiger partial charge in [-0.25, -0.2) is 4.39 Å². The van der Waals surface area contributed by atoms with Crippen LogP contribution in [0, 0.1) is 18.7 Å². The molecule has 0 spiro atoms. The van der Waals surface area contributed by atoms with Gasteiger partial charge in [-0.3, -0.25) is 4.79 Å². The van der Waals surface area contributed by atoms with Crippen molar-refractivity contribution in [3.63, 3.8) is 0 Å². The lowest BCUT2D eigenvalue weighted by Gasteiger charge is -2.18. The lowest BCUT2D eigenvalue weighted by molar-refractivity contribution is -0.117. The van der Waals surface area contributed by atoms with Crippen LogP contribution < -0.4 is 4.90 Å². The quantitative estimate of drug-likeness (QED) is 0.825. The molecule has 1 aromatic rings. The molecular formula is C12H14FNO2.